The molecule has 0 bridgehead atoms. The predicted octanol–water partition coefficient (Wildman–Crippen LogP) is 2.89. The summed E-state index contributed by atoms with van der Waals surface area (Å²) in [5.74, 6) is 2.10. The summed E-state index contributed by atoms with van der Waals surface area (Å²) in [5.41, 5.74) is 7.46. The van der Waals surface area contributed by atoms with Crippen molar-refractivity contribution in [3.05, 3.63) is 22.2 Å². The Labute approximate surface area is 134 Å². The molecule has 1 heterocycles. The Hall–Kier alpha value is -0.490. The Kier molecular flexibility index (Phi) is 7.09. The third-order valence-corrected chi connectivity index (χ3v) is 4.37. The Bertz CT molecular complexity index is 439. The number of ether oxygens (including phenoxy) is 2. The fraction of sp³-hybridized carbons (Fsp3) is 0.571. The van der Waals surface area contributed by atoms with Gasteiger partial charge in [0.15, 0.2) is 0 Å². The Morgan fingerprint density at radius 3 is 2.35 bits per heavy atom. The predicted molar refractivity (Wildman–Crippen MR) is 87.0 cm³/mol. The highest BCUT2D eigenvalue weighted by Crippen LogP contribution is 2.38. The van der Waals surface area contributed by atoms with Crippen LogP contribution in [-0.2, 0) is 0 Å². The van der Waals surface area contributed by atoms with Gasteiger partial charge < -0.3 is 20.5 Å². The number of hydrogen-bond donors (Lipinski definition) is 2. The van der Waals surface area contributed by atoms with Gasteiger partial charge in [0.25, 0.3) is 0 Å². The molecule has 0 spiro atoms. The summed E-state index contributed by atoms with van der Waals surface area (Å²) in [6.45, 7) is 2.07. The average Bonchev–Trinajstić information content (AvgIpc) is 2.47. The summed E-state index contributed by atoms with van der Waals surface area (Å²) in [6.07, 6.45) is 2.20. The summed E-state index contributed by atoms with van der Waals surface area (Å²) in [4.78, 5) is 0. The molecule has 3 N–H and O–H groups in total. The summed E-state index contributed by atoms with van der Waals surface area (Å²) in [5, 5.41) is 3.36. The van der Waals surface area contributed by atoms with E-state index < -0.39 is 0 Å². The van der Waals surface area contributed by atoms with Crippen molar-refractivity contribution in [3.8, 4) is 11.5 Å². The van der Waals surface area contributed by atoms with Crippen LogP contribution in [0.3, 0.4) is 0 Å². The molecule has 2 rings (SSSR count). The van der Waals surface area contributed by atoms with Gasteiger partial charge in [-0.15, -0.1) is 12.4 Å². The van der Waals surface area contributed by atoms with E-state index in [0.717, 1.165) is 47.5 Å². The molecule has 1 aromatic carbocycles. The first-order valence-electron chi connectivity index (χ1n) is 6.55. The van der Waals surface area contributed by atoms with E-state index in [9.17, 15) is 0 Å². The molecule has 0 amide bonds. The van der Waals surface area contributed by atoms with Crippen molar-refractivity contribution in [2.24, 2.45) is 11.7 Å². The van der Waals surface area contributed by atoms with Crippen molar-refractivity contribution >= 4 is 28.3 Å². The lowest BCUT2D eigenvalue weighted by Gasteiger charge is -2.29. The van der Waals surface area contributed by atoms with Crippen LogP contribution in [0.5, 0.6) is 11.5 Å². The van der Waals surface area contributed by atoms with Crippen LogP contribution in [0.2, 0.25) is 0 Å². The second kappa shape index (κ2) is 8.08. The van der Waals surface area contributed by atoms with Crippen LogP contribution in [0.1, 0.15) is 24.4 Å². The molecule has 4 nitrogen and oxygen atoms in total. The van der Waals surface area contributed by atoms with E-state index in [1.165, 1.54) is 0 Å². The number of hydrogen-bond acceptors (Lipinski definition) is 4. The molecule has 6 heteroatoms. The lowest BCUT2D eigenvalue weighted by Crippen LogP contribution is -2.34. The first-order chi connectivity index (χ1) is 9.17. The van der Waals surface area contributed by atoms with Gasteiger partial charge in [-0.2, -0.15) is 0 Å². The van der Waals surface area contributed by atoms with E-state index in [1.54, 1.807) is 14.2 Å². The van der Waals surface area contributed by atoms with Crippen molar-refractivity contribution in [2.75, 3.05) is 27.3 Å². The molecule has 1 aliphatic rings. The monoisotopic (exact) mass is 364 g/mol. The molecule has 0 aliphatic carbocycles. The van der Waals surface area contributed by atoms with E-state index in [1.807, 2.05) is 12.1 Å². The second-order valence-corrected chi connectivity index (χ2v) is 5.70. The molecule has 1 aliphatic heterocycles. The van der Waals surface area contributed by atoms with Gasteiger partial charge in [0.1, 0.15) is 11.5 Å². The van der Waals surface area contributed by atoms with Gasteiger partial charge in [-0.1, -0.05) is 0 Å². The Balaban J connectivity index is 0.00000200. The van der Waals surface area contributed by atoms with Crippen molar-refractivity contribution < 1.29 is 9.47 Å². The van der Waals surface area contributed by atoms with E-state index in [0.29, 0.717) is 5.92 Å². The van der Waals surface area contributed by atoms with Crippen LogP contribution < -0.4 is 20.5 Å². The Morgan fingerprint density at radius 2 is 1.80 bits per heavy atom. The lowest BCUT2D eigenvalue weighted by atomic mass is 9.86. The minimum absolute atomic E-state index is 0. The zero-order valence-corrected chi connectivity index (χ0v) is 14.2. The van der Waals surface area contributed by atoms with E-state index >= 15 is 0 Å². The van der Waals surface area contributed by atoms with Gasteiger partial charge in [0.2, 0.25) is 0 Å². The number of piperidine rings is 1. The number of methoxy groups -OCH3 is 2. The maximum atomic E-state index is 6.44. The smallest absolute Gasteiger partial charge is 0.133 e. The normalized spacial score (nSPS) is 17.2. The Morgan fingerprint density at radius 1 is 1.20 bits per heavy atom. The van der Waals surface area contributed by atoms with Crippen molar-refractivity contribution in [1.82, 2.24) is 5.32 Å². The molecule has 0 unspecified atom stereocenters. The molecule has 1 atom stereocenters. The van der Waals surface area contributed by atoms with Gasteiger partial charge in [-0.25, -0.2) is 0 Å². The molecule has 1 saturated heterocycles. The van der Waals surface area contributed by atoms with E-state index in [4.69, 9.17) is 15.2 Å². The first kappa shape index (κ1) is 17.6. The molecular weight excluding hydrogens is 344 g/mol. The summed E-state index contributed by atoms with van der Waals surface area (Å²) >= 11 is 3.47. The van der Waals surface area contributed by atoms with Crippen molar-refractivity contribution in [2.45, 2.75) is 18.9 Å². The largest absolute Gasteiger partial charge is 0.496 e. The third-order valence-electron chi connectivity index (χ3n) is 3.75. The highest BCUT2D eigenvalue weighted by molar-refractivity contribution is 9.10. The van der Waals surface area contributed by atoms with E-state index in [2.05, 4.69) is 21.2 Å². The highest BCUT2D eigenvalue weighted by Gasteiger charge is 2.25. The van der Waals surface area contributed by atoms with Crippen LogP contribution in [0.25, 0.3) is 0 Å². The second-order valence-electron chi connectivity index (χ2n) is 4.84. The maximum Gasteiger partial charge on any atom is 0.133 e. The minimum Gasteiger partial charge on any atom is -0.496 e. The van der Waals surface area contributed by atoms with Crippen LogP contribution in [0, 0.1) is 5.92 Å². The summed E-state index contributed by atoms with van der Waals surface area (Å²) in [6, 6.07) is 3.89. The fourth-order valence-corrected chi connectivity index (χ4v) is 3.09. The van der Waals surface area contributed by atoms with Crippen LogP contribution in [0.4, 0.5) is 0 Å². The van der Waals surface area contributed by atoms with Gasteiger partial charge >= 0.3 is 0 Å². The quantitative estimate of drug-likeness (QED) is 0.861. The number of rotatable bonds is 4. The molecule has 0 radical (unpaired) electrons. The van der Waals surface area contributed by atoms with E-state index in [-0.39, 0.29) is 18.4 Å². The molecule has 20 heavy (non-hydrogen) atoms. The summed E-state index contributed by atoms with van der Waals surface area (Å²) in [7, 11) is 3.33. The number of halogens is 2. The molecule has 0 aromatic heterocycles. The highest BCUT2D eigenvalue weighted by atomic mass is 79.9. The molecule has 114 valence electrons. The van der Waals surface area contributed by atoms with Crippen LogP contribution in [-0.4, -0.2) is 27.3 Å². The molecular formula is C14H22BrClN2O2. The number of benzene rings is 1. The van der Waals surface area contributed by atoms with Gasteiger partial charge in [-0.05, 0) is 59.9 Å². The van der Waals surface area contributed by atoms with Gasteiger partial charge in [0, 0.05) is 11.6 Å². The van der Waals surface area contributed by atoms with Gasteiger partial charge in [-0.3, -0.25) is 0 Å². The molecule has 1 fully saturated rings. The lowest BCUT2D eigenvalue weighted by molar-refractivity contribution is 0.312. The average molecular weight is 366 g/mol. The fourth-order valence-electron chi connectivity index (χ4n) is 2.60. The standard InChI is InChI=1S/C14H21BrN2O2.ClH/c1-18-12-8-11(15)13(19-2)7-10(12)14(16)9-3-5-17-6-4-9;/h7-9,14,17H,3-6,16H2,1-2H3;1H/t14-;/m1./s1. The zero-order valence-electron chi connectivity index (χ0n) is 11.8. The van der Waals surface area contributed by atoms with Crippen molar-refractivity contribution in [3.63, 3.8) is 0 Å². The van der Waals surface area contributed by atoms with Crippen LogP contribution >= 0.6 is 28.3 Å². The number of nitrogens with one attached hydrogen (secondary N) is 1. The summed E-state index contributed by atoms with van der Waals surface area (Å²) < 4.78 is 11.7. The topological polar surface area (TPSA) is 56.5 Å². The first-order valence-corrected chi connectivity index (χ1v) is 7.34. The van der Waals surface area contributed by atoms with Crippen molar-refractivity contribution in [1.29, 1.82) is 0 Å². The molecule has 0 saturated carbocycles. The number of nitrogens with two attached hydrogens (primary N) is 1. The minimum atomic E-state index is -0.0148. The van der Waals surface area contributed by atoms with Gasteiger partial charge in [0.05, 0.1) is 18.7 Å². The zero-order chi connectivity index (χ0) is 13.8. The maximum absolute atomic E-state index is 6.44. The van der Waals surface area contributed by atoms with Crippen LogP contribution in [0.15, 0.2) is 16.6 Å². The SMILES string of the molecule is COc1cc([C@H](N)C2CCNCC2)c(OC)cc1Br.Cl. The third kappa shape index (κ3) is 3.79. The molecule has 1 aromatic rings.